The number of carbonyl (C=O) groups excluding carboxylic acids is 1. The van der Waals surface area contributed by atoms with Crippen molar-refractivity contribution in [1.82, 2.24) is 4.90 Å². The molecule has 20 heavy (non-hydrogen) atoms. The lowest BCUT2D eigenvalue weighted by atomic mass is 10.1. The minimum absolute atomic E-state index is 0.0566. The number of benzene rings is 1. The van der Waals surface area contributed by atoms with Crippen LogP contribution in [0.25, 0.3) is 0 Å². The molecule has 0 saturated carbocycles. The van der Waals surface area contributed by atoms with Gasteiger partial charge in [-0.15, -0.1) is 0 Å². The number of aryl methyl sites for hydroxylation is 1. The van der Waals surface area contributed by atoms with E-state index >= 15 is 0 Å². The van der Waals surface area contributed by atoms with Crippen molar-refractivity contribution < 1.29 is 19.1 Å². The van der Waals surface area contributed by atoms with Crippen LogP contribution in [-0.4, -0.2) is 46.0 Å². The average Bonchev–Trinajstić information content (AvgIpc) is 2.38. The summed E-state index contributed by atoms with van der Waals surface area (Å²) in [5, 5.41) is 8.93. The molecule has 1 unspecified atom stereocenters. The van der Waals surface area contributed by atoms with Gasteiger partial charge in [-0.25, -0.2) is 4.39 Å². The predicted molar refractivity (Wildman–Crippen MR) is 75.5 cm³/mol. The Labute approximate surface area is 121 Å². The molecule has 1 aliphatic heterocycles. The van der Waals surface area contributed by atoms with Crippen LogP contribution < -0.4 is 0 Å². The fourth-order valence-corrected chi connectivity index (χ4v) is 3.38. The van der Waals surface area contributed by atoms with E-state index in [1.54, 1.807) is 23.6 Å². The molecule has 1 aromatic carbocycles. The van der Waals surface area contributed by atoms with E-state index in [0.29, 0.717) is 23.4 Å². The van der Waals surface area contributed by atoms with Crippen molar-refractivity contribution in [2.24, 2.45) is 0 Å². The van der Waals surface area contributed by atoms with E-state index in [1.165, 1.54) is 18.2 Å². The molecule has 1 aromatic rings. The van der Waals surface area contributed by atoms with Gasteiger partial charge in [0.2, 0.25) is 0 Å². The summed E-state index contributed by atoms with van der Waals surface area (Å²) in [5.74, 6) is -0.0871. The van der Waals surface area contributed by atoms with Crippen LogP contribution in [0.2, 0.25) is 0 Å². The zero-order chi connectivity index (χ0) is 14.7. The summed E-state index contributed by atoms with van der Waals surface area (Å²) in [4.78, 5) is 25.0. The van der Waals surface area contributed by atoms with Gasteiger partial charge in [-0.3, -0.25) is 9.59 Å². The molecule has 0 spiro atoms. The third-order valence-electron chi connectivity index (χ3n) is 3.32. The lowest BCUT2D eigenvalue weighted by Crippen LogP contribution is -2.47. The molecule has 1 fully saturated rings. The Morgan fingerprint density at radius 1 is 1.50 bits per heavy atom. The number of nitrogens with zero attached hydrogens (tertiary/aromatic N) is 1. The van der Waals surface area contributed by atoms with E-state index in [0.717, 1.165) is 5.75 Å². The highest BCUT2D eigenvalue weighted by atomic mass is 32.2. The van der Waals surface area contributed by atoms with E-state index in [9.17, 15) is 14.0 Å². The third kappa shape index (κ3) is 3.30. The van der Waals surface area contributed by atoms with Gasteiger partial charge in [0.25, 0.3) is 5.91 Å². The van der Waals surface area contributed by atoms with Crippen molar-refractivity contribution in [3.8, 4) is 0 Å². The first kappa shape index (κ1) is 14.8. The van der Waals surface area contributed by atoms with Crippen LogP contribution in [0, 0.1) is 12.7 Å². The Morgan fingerprint density at radius 3 is 2.90 bits per heavy atom. The number of hydrogen-bond acceptors (Lipinski definition) is 3. The second kappa shape index (κ2) is 6.26. The van der Waals surface area contributed by atoms with Crippen molar-refractivity contribution in [1.29, 1.82) is 0 Å². The standard InChI is InChI=1S/C14H16FNO3S/c1-9-6-10(15)2-3-12(9)14(19)16-4-5-20-8-11(16)7-13(17)18/h2-3,6,11H,4-5,7-8H2,1H3,(H,17,18). The largest absolute Gasteiger partial charge is 0.481 e. The lowest BCUT2D eigenvalue weighted by Gasteiger charge is -2.35. The number of rotatable bonds is 3. The van der Waals surface area contributed by atoms with E-state index in [2.05, 4.69) is 0 Å². The Morgan fingerprint density at radius 2 is 2.25 bits per heavy atom. The van der Waals surface area contributed by atoms with Gasteiger partial charge in [-0.05, 0) is 30.7 Å². The maximum Gasteiger partial charge on any atom is 0.305 e. The summed E-state index contributed by atoms with van der Waals surface area (Å²) in [6, 6.07) is 3.73. The number of amides is 1. The quantitative estimate of drug-likeness (QED) is 0.929. The highest BCUT2D eigenvalue weighted by Crippen LogP contribution is 2.22. The number of thioether (sulfide) groups is 1. The minimum atomic E-state index is -0.911. The van der Waals surface area contributed by atoms with Gasteiger partial charge in [0.1, 0.15) is 5.82 Å². The van der Waals surface area contributed by atoms with Crippen molar-refractivity contribution in [3.05, 3.63) is 35.1 Å². The molecule has 4 nitrogen and oxygen atoms in total. The van der Waals surface area contributed by atoms with Gasteiger partial charge in [-0.2, -0.15) is 11.8 Å². The first-order valence-corrected chi connectivity index (χ1v) is 7.51. The fraction of sp³-hybridized carbons (Fsp3) is 0.429. The first-order chi connectivity index (χ1) is 9.49. The maximum absolute atomic E-state index is 13.1. The third-order valence-corrected chi connectivity index (χ3v) is 4.41. The molecule has 1 atom stereocenters. The molecule has 108 valence electrons. The van der Waals surface area contributed by atoms with Crippen LogP contribution in [0.15, 0.2) is 18.2 Å². The molecule has 1 saturated heterocycles. The Balaban J connectivity index is 2.22. The van der Waals surface area contributed by atoms with Gasteiger partial charge in [0, 0.05) is 23.6 Å². The van der Waals surface area contributed by atoms with Gasteiger partial charge in [-0.1, -0.05) is 0 Å². The molecule has 1 N–H and O–H groups in total. The number of carbonyl (C=O) groups is 2. The number of aliphatic carboxylic acids is 1. The van der Waals surface area contributed by atoms with Gasteiger partial charge < -0.3 is 10.0 Å². The van der Waals surface area contributed by atoms with Crippen LogP contribution in [0.5, 0.6) is 0 Å². The number of hydrogen-bond donors (Lipinski definition) is 1. The second-order valence-corrected chi connectivity index (χ2v) is 5.93. The minimum Gasteiger partial charge on any atom is -0.481 e. The van der Waals surface area contributed by atoms with Gasteiger partial charge in [0.05, 0.1) is 12.5 Å². The highest BCUT2D eigenvalue weighted by Gasteiger charge is 2.30. The SMILES string of the molecule is Cc1cc(F)ccc1C(=O)N1CCSCC1CC(=O)O. The number of halogens is 1. The molecule has 1 amide bonds. The van der Waals surface area contributed by atoms with E-state index in [-0.39, 0.29) is 24.2 Å². The number of carboxylic acids is 1. The molecule has 1 heterocycles. The van der Waals surface area contributed by atoms with E-state index < -0.39 is 5.97 Å². The Bertz CT molecular complexity index is 535. The van der Waals surface area contributed by atoms with Crippen LogP contribution in [0.3, 0.4) is 0 Å². The molecule has 0 radical (unpaired) electrons. The molecular formula is C14H16FNO3S. The van der Waals surface area contributed by atoms with Crippen molar-refractivity contribution in [2.45, 2.75) is 19.4 Å². The van der Waals surface area contributed by atoms with Crippen LogP contribution in [0.1, 0.15) is 22.3 Å². The lowest BCUT2D eigenvalue weighted by molar-refractivity contribution is -0.138. The molecular weight excluding hydrogens is 281 g/mol. The van der Waals surface area contributed by atoms with Crippen LogP contribution in [-0.2, 0) is 4.79 Å². The summed E-state index contributed by atoms with van der Waals surface area (Å²) >= 11 is 1.65. The molecule has 0 bridgehead atoms. The summed E-state index contributed by atoms with van der Waals surface area (Å²) < 4.78 is 13.1. The summed E-state index contributed by atoms with van der Waals surface area (Å²) in [7, 11) is 0. The van der Waals surface area contributed by atoms with Gasteiger partial charge >= 0.3 is 5.97 Å². The fourth-order valence-electron chi connectivity index (χ4n) is 2.31. The predicted octanol–water partition coefficient (Wildman–Crippen LogP) is 2.17. The smallest absolute Gasteiger partial charge is 0.305 e. The second-order valence-electron chi connectivity index (χ2n) is 4.78. The molecule has 0 aliphatic carbocycles. The first-order valence-electron chi connectivity index (χ1n) is 6.35. The molecule has 0 aromatic heterocycles. The summed E-state index contributed by atoms with van der Waals surface area (Å²) in [5.41, 5.74) is 1.01. The zero-order valence-electron chi connectivity index (χ0n) is 11.1. The number of carboxylic acid groups (broad SMARTS) is 1. The topological polar surface area (TPSA) is 57.6 Å². The maximum atomic E-state index is 13.1. The van der Waals surface area contributed by atoms with Crippen LogP contribution >= 0.6 is 11.8 Å². The molecule has 1 aliphatic rings. The van der Waals surface area contributed by atoms with Crippen molar-refractivity contribution >= 4 is 23.6 Å². The summed E-state index contributed by atoms with van der Waals surface area (Å²) in [6.45, 7) is 2.21. The van der Waals surface area contributed by atoms with E-state index in [1.807, 2.05) is 0 Å². The van der Waals surface area contributed by atoms with Gasteiger partial charge in [0.15, 0.2) is 0 Å². The average molecular weight is 297 g/mol. The highest BCUT2D eigenvalue weighted by molar-refractivity contribution is 7.99. The monoisotopic (exact) mass is 297 g/mol. The summed E-state index contributed by atoms with van der Waals surface area (Å²) in [6.07, 6.45) is -0.0566. The molecule has 2 rings (SSSR count). The molecule has 6 heteroatoms. The normalized spacial score (nSPS) is 18.9. The van der Waals surface area contributed by atoms with Crippen LogP contribution in [0.4, 0.5) is 4.39 Å². The van der Waals surface area contributed by atoms with Crippen molar-refractivity contribution in [2.75, 3.05) is 18.1 Å². The zero-order valence-corrected chi connectivity index (χ0v) is 12.0. The Hall–Kier alpha value is -1.56. The van der Waals surface area contributed by atoms with Crippen molar-refractivity contribution in [3.63, 3.8) is 0 Å². The van der Waals surface area contributed by atoms with E-state index in [4.69, 9.17) is 5.11 Å². The Kier molecular flexibility index (Phi) is 4.65.